The van der Waals surface area contributed by atoms with Gasteiger partial charge in [-0.3, -0.25) is 4.79 Å². The fourth-order valence-corrected chi connectivity index (χ4v) is 3.78. The van der Waals surface area contributed by atoms with E-state index in [1.165, 1.54) is 0 Å². The van der Waals surface area contributed by atoms with Gasteiger partial charge in [0, 0.05) is 33.5 Å². The van der Waals surface area contributed by atoms with Crippen molar-refractivity contribution in [1.29, 1.82) is 0 Å². The number of nitrogens with zero attached hydrogens (tertiary/aromatic N) is 2. The molecule has 0 saturated heterocycles. The molecule has 0 radical (unpaired) electrons. The van der Waals surface area contributed by atoms with E-state index in [2.05, 4.69) is 12.2 Å². The van der Waals surface area contributed by atoms with Crippen LogP contribution in [0, 0.1) is 5.92 Å². The highest BCUT2D eigenvalue weighted by Crippen LogP contribution is 2.27. The van der Waals surface area contributed by atoms with Crippen LogP contribution < -0.4 is 5.32 Å². The number of nitrogens with one attached hydrogen (secondary N) is 1. The van der Waals surface area contributed by atoms with Crippen molar-refractivity contribution >= 4 is 34.7 Å². The van der Waals surface area contributed by atoms with E-state index in [-0.39, 0.29) is 17.9 Å². The molecular weight excluding hydrogens is 386 g/mol. The highest BCUT2D eigenvalue weighted by Gasteiger charge is 2.30. The maximum Gasteiger partial charge on any atom is 0.251 e. The number of halogens is 1. The summed E-state index contributed by atoms with van der Waals surface area (Å²) >= 11 is 6.00. The molecule has 6 heteroatoms. The van der Waals surface area contributed by atoms with Crippen LogP contribution in [0.5, 0.6) is 0 Å². The summed E-state index contributed by atoms with van der Waals surface area (Å²) in [4.78, 5) is 32.9. The molecule has 4 rings (SSSR count). The van der Waals surface area contributed by atoms with E-state index in [0.717, 1.165) is 41.3 Å². The molecule has 1 heterocycles. The Balaban J connectivity index is 1.67. The number of aldehydes is 1. The van der Waals surface area contributed by atoms with Gasteiger partial charge in [-0.05, 0) is 55.7 Å². The van der Waals surface area contributed by atoms with Crippen LogP contribution in [-0.4, -0.2) is 28.2 Å². The molecule has 3 aromatic rings. The monoisotopic (exact) mass is 407 g/mol. The third kappa shape index (κ3) is 4.15. The highest BCUT2D eigenvalue weighted by molar-refractivity contribution is 6.30. The SMILES string of the molecule is CCCc1nc(-c2ccc(Cl)cc2)nc2cc(C(=O)N[C@H]3C[C@@H](C=O)C3)ccc12. The van der Waals surface area contributed by atoms with E-state index < -0.39 is 0 Å². The Kier molecular flexibility index (Phi) is 5.58. The van der Waals surface area contributed by atoms with Crippen LogP contribution in [0.2, 0.25) is 5.02 Å². The molecule has 2 aromatic carbocycles. The Labute approximate surface area is 174 Å². The molecule has 1 amide bonds. The summed E-state index contributed by atoms with van der Waals surface area (Å²) in [6.07, 6.45) is 4.19. The van der Waals surface area contributed by atoms with Gasteiger partial charge in [-0.1, -0.05) is 31.0 Å². The molecule has 1 saturated carbocycles. The number of carbonyl (C=O) groups is 2. The van der Waals surface area contributed by atoms with E-state index in [1.54, 1.807) is 0 Å². The zero-order valence-corrected chi connectivity index (χ0v) is 16.9. The predicted molar refractivity (Wildman–Crippen MR) is 114 cm³/mol. The van der Waals surface area contributed by atoms with Crippen molar-refractivity contribution in [2.75, 3.05) is 0 Å². The predicted octanol–water partition coefficient (Wildman–Crippen LogP) is 4.61. The minimum atomic E-state index is -0.134. The molecule has 1 aliphatic rings. The summed E-state index contributed by atoms with van der Waals surface area (Å²) in [6.45, 7) is 2.11. The second-order valence-electron chi connectivity index (χ2n) is 7.52. The number of benzene rings is 2. The third-order valence-corrected chi connectivity index (χ3v) is 5.58. The summed E-state index contributed by atoms with van der Waals surface area (Å²) in [7, 11) is 0. The molecule has 1 aliphatic carbocycles. The van der Waals surface area contributed by atoms with Crippen LogP contribution >= 0.6 is 11.6 Å². The fraction of sp³-hybridized carbons (Fsp3) is 0.304. The van der Waals surface area contributed by atoms with Gasteiger partial charge in [0.2, 0.25) is 0 Å². The van der Waals surface area contributed by atoms with Crippen LogP contribution in [0.15, 0.2) is 42.5 Å². The van der Waals surface area contributed by atoms with Crippen molar-refractivity contribution in [2.24, 2.45) is 5.92 Å². The smallest absolute Gasteiger partial charge is 0.251 e. The number of carbonyl (C=O) groups excluding carboxylic acids is 2. The summed E-state index contributed by atoms with van der Waals surface area (Å²) < 4.78 is 0. The van der Waals surface area contributed by atoms with Crippen LogP contribution in [-0.2, 0) is 11.2 Å². The molecule has 5 nitrogen and oxygen atoms in total. The largest absolute Gasteiger partial charge is 0.349 e. The first kappa shape index (κ1) is 19.5. The number of hydrogen-bond donors (Lipinski definition) is 1. The number of amides is 1. The van der Waals surface area contributed by atoms with Gasteiger partial charge in [-0.25, -0.2) is 9.97 Å². The Morgan fingerprint density at radius 2 is 1.93 bits per heavy atom. The number of hydrogen-bond acceptors (Lipinski definition) is 4. The quantitative estimate of drug-likeness (QED) is 0.605. The molecule has 1 aromatic heterocycles. The van der Waals surface area contributed by atoms with E-state index in [0.29, 0.717) is 29.3 Å². The second-order valence-corrected chi connectivity index (χ2v) is 7.96. The van der Waals surface area contributed by atoms with Gasteiger partial charge in [0.25, 0.3) is 5.91 Å². The van der Waals surface area contributed by atoms with Crippen molar-refractivity contribution in [1.82, 2.24) is 15.3 Å². The van der Waals surface area contributed by atoms with Gasteiger partial charge in [0.15, 0.2) is 5.82 Å². The van der Waals surface area contributed by atoms with Crippen molar-refractivity contribution in [3.63, 3.8) is 0 Å². The van der Waals surface area contributed by atoms with E-state index in [4.69, 9.17) is 21.6 Å². The Bertz CT molecular complexity index is 1060. The molecule has 148 valence electrons. The maximum atomic E-state index is 12.6. The van der Waals surface area contributed by atoms with Crippen LogP contribution in [0.4, 0.5) is 0 Å². The molecule has 0 aliphatic heterocycles. The van der Waals surface area contributed by atoms with Gasteiger partial charge in [0.05, 0.1) is 11.2 Å². The Morgan fingerprint density at radius 1 is 1.17 bits per heavy atom. The first-order chi connectivity index (χ1) is 14.1. The number of fused-ring (bicyclic) bond motifs is 1. The number of aromatic nitrogens is 2. The third-order valence-electron chi connectivity index (χ3n) is 5.33. The second kappa shape index (κ2) is 8.29. The number of rotatable bonds is 6. The molecule has 0 spiro atoms. The van der Waals surface area contributed by atoms with Gasteiger partial charge in [0.1, 0.15) is 6.29 Å². The standard InChI is InChI=1S/C23H22ClN3O2/c1-2-3-20-19-9-6-16(23(29)25-18-10-14(11-18)13-28)12-21(19)27-22(26-20)15-4-7-17(24)8-5-15/h4-9,12-14,18H,2-3,10-11H2,1H3,(H,25,29)/t14-,18+. The Hall–Kier alpha value is -2.79. The van der Waals surface area contributed by atoms with Crippen LogP contribution in [0.1, 0.15) is 42.2 Å². The van der Waals surface area contributed by atoms with Gasteiger partial charge in [-0.2, -0.15) is 0 Å². The zero-order chi connectivity index (χ0) is 20.4. The highest BCUT2D eigenvalue weighted by atomic mass is 35.5. The molecule has 1 N–H and O–H groups in total. The topological polar surface area (TPSA) is 72.0 Å². The molecular formula is C23H22ClN3O2. The van der Waals surface area contributed by atoms with Crippen molar-refractivity contribution in [3.05, 3.63) is 58.7 Å². The molecule has 0 atom stereocenters. The minimum absolute atomic E-state index is 0.0686. The van der Waals surface area contributed by atoms with Crippen molar-refractivity contribution in [2.45, 2.75) is 38.6 Å². The molecule has 29 heavy (non-hydrogen) atoms. The zero-order valence-electron chi connectivity index (χ0n) is 16.2. The van der Waals surface area contributed by atoms with Gasteiger partial charge >= 0.3 is 0 Å². The van der Waals surface area contributed by atoms with E-state index in [1.807, 2.05) is 42.5 Å². The fourth-order valence-electron chi connectivity index (χ4n) is 3.65. The molecule has 1 fully saturated rings. The van der Waals surface area contributed by atoms with Crippen LogP contribution in [0.3, 0.4) is 0 Å². The maximum absolute atomic E-state index is 12.6. The van der Waals surface area contributed by atoms with Crippen molar-refractivity contribution in [3.8, 4) is 11.4 Å². The molecule has 0 unspecified atom stereocenters. The Morgan fingerprint density at radius 3 is 2.62 bits per heavy atom. The van der Waals surface area contributed by atoms with Gasteiger partial charge < -0.3 is 10.1 Å². The van der Waals surface area contributed by atoms with Crippen LogP contribution in [0.25, 0.3) is 22.3 Å². The average Bonchev–Trinajstić information content (AvgIpc) is 2.70. The first-order valence-electron chi connectivity index (χ1n) is 9.90. The lowest BCUT2D eigenvalue weighted by molar-refractivity contribution is -0.113. The normalized spacial score (nSPS) is 18.3. The van der Waals surface area contributed by atoms with E-state index in [9.17, 15) is 9.59 Å². The van der Waals surface area contributed by atoms with E-state index >= 15 is 0 Å². The summed E-state index contributed by atoms with van der Waals surface area (Å²) in [5.74, 6) is 0.566. The number of aryl methyl sites for hydroxylation is 1. The first-order valence-corrected chi connectivity index (χ1v) is 10.3. The summed E-state index contributed by atoms with van der Waals surface area (Å²) in [5, 5.41) is 4.62. The average molecular weight is 408 g/mol. The molecule has 0 bridgehead atoms. The van der Waals surface area contributed by atoms with Gasteiger partial charge in [-0.15, -0.1) is 0 Å². The summed E-state index contributed by atoms with van der Waals surface area (Å²) in [6, 6.07) is 13.1. The van der Waals surface area contributed by atoms with Crippen molar-refractivity contribution < 1.29 is 9.59 Å². The minimum Gasteiger partial charge on any atom is -0.349 e. The lowest BCUT2D eigenvalue weighted by Gasteiger charge is -2.32. The lowest BCUT2D eigenvalue weighted by Crippen LogP contribution is -2.44. The lowest BCUT2D eigenvalue weighted by atomic mass is 9.81. The summed E-state index contributed by atoms with van der Waals surface area (Å²) in [5.41, 5.74) is 3.18.